The molecule has 1 unspecified atom stereocenters. The zero-order valence-electron chi connectivity index (χ0n) is 15.4. The van der Waals surface area contributed by atoms with Gasteiger partial charge in [-0.3, -0.25) is 0 Å². The van der Waals surface area contributed by atoms with Gasteiger partial charge in [-0.15, -0.1) is 0 Å². The van der Waals surface area contributed by atoms with E-state index in [2.05, 4.69) is 22.2 Å². The van der Waals surface area contributed by atoms with E-state index in [-0.39, 0.29) is 0 Å². The van der Waals surface area contributed by atoms with Crippen LogP contribution in [0.3, 0.4) is 0 Å². The highest BCUT2D eigenvalue weighted by Crippen LogP contribution is 2.37. The van der Waals surface area contributed by atoms with E-state index in [0.717, 1.165) is 30.5 Å². The van der Waals surface area contributed by atoms with Crippen LogP contribution >= 0.6 is 11.6 Å². The number of nitrogens with one attached hydrogen (secondary N) is 1. The fourth-order valence-corrected chi connectivity index (χ4v) is 4.44. The van der Waals surface area contributed by atoms with Crippen LogP contribution in [0.25, 0.3) is 0 Å². The maximum absolute atomic E-state index is 13.4. The van der Waals surface area contributed by atoms with E-state index in [4.69, 9.17) is 16.6 Å². The number of hydrogen-bond donors (Lipinski definition) is 1. The molecule has 1 N–H and O–H groups in total. The summed E-state index contributed by atoms with van der Waals surface area (Å²) in [6, 6.07) is 15.1. The van der Waals surface area contributed by atoms with Crippen LogP contribution in [0.15, 0.2) is 69.8 Å². The van der Waals surface area contributed by atoms with Crippen molar-refractivity contribution in [2.24, 2.45) is 4.99 Å². The Balaban J connectivity index is 1.96. The maximum atomic E-state index is 13.4. The van der Waals surface area contributed by atoms with Crippen molar-refractivity contribution >= 4 is 39.6 Å². The van der Waals surface area contributed by atoms with Gasteiger partial charge in [0.15, 0.2) is 10.8 Å². The summed E-state index contributed by atoms with van der Waals surface area (Å²) in [6.45, 7) is 2.89. The van der Waals surface area contributed by atoms with Gasteiger partial charge in [0.05, 0.1) is 10.6 Å². The van der Waals surface area contributed by atoms with Crippen LogP contribution in [0, 0.1) is 0 Å². The van der Waals surface area contributed by atoms with Gasteiger partial charge in [0.25, 0.3) is 0 Å². The molecule has 4 rings (SSSR count). The molecule has 1 atom stereocenters. The van der Waals surface area contributed by atoms with Gasteiger partial charge in [-0.2, -0.15) is 0 Å². The standard InChI is InChI=1S/C21H19ClN4OS/c1-2-3-11-23-20-19-21(25-13-24-20)28(27)17-10-9-15(22)12-16(17)18(26-19)14-7-5-4-6-8-14/h4-10,12-13H,2-3,11H2,1H3,(H,23,24,25). The summed E-state index contributed by atoms with van der Waals surface area (Å²) in [5, 5.41) is 4.29. The highest BCUT2D eigenvalue weighted by Gasteiger charge is 2.27. The molecule has 0 saturated heterocycles. The molecule has 2 aromatic carbocycles. The molecule has 0 spiro atoms. The summed E-state index contributed by atoms with van der Waals surface area (Å²) in [5.41, 5.74) is 2.88. The Hall–Kier alpha value is -2.57. The van der Waals surface area contributed by atoms with Crippen LogP contribution in [0.2, 0.25) is 5.02 Å². The number of nitrogens with zero attached hydrogens (tertiary/aromatic N) is 3. The van der Waals surface area contributed by atoms with Gasteiger partial charge < -0.3 is 5.32 Å². The molecule has 0 fully saturated rings. The first-order valence-corrected chi connectivity index (χ1v) is 10.7. The van der Waals surface area contributed by atoms with Crippen molar-refractivity contribution < 1.29 is 4.21 Å². The predicted molar refractivity (Wildman–Crippen MR) is 113 cm³/mol. The molecular weight excluding hydrogens is 392 g/mol. The minimum Gasteiger partial charge on any atom is -0.368 e. The summed E-state index contributed by atoms with van der Waals surface area (Å²) in [4.78, 5) is 14.2. The van der Waals surface area contributed by atoms with Gasteiger partial charge in [0.2, 0.25) is 0 Å². The van der Waals surface area contributed by atoms with E-state index in [1.165, 1.54) is 6.33 Å². The van der Waals surface area contributed by atoms with Crippen LogP contribution in [0.1, 0.15) is 30.9 Å². The molecule has 1 aromatic heterocycles. The minimum atomic E-state index is -1.49. The lowest BCUT2D eigenvalue weighted by molar-refractivity contribution is 0.680. The van der Waals surface area contributed by atoms with E-state index in [1.54, 1.807) is 12.1 Å². The molecule has 0 radical (unpaired) electrons. The first-order chi connectivity index (χ1) is 13.7. The lowest BCUT2D eigenvalue weighted by atomic mass is 10.0. The number of rotatable bonds is 5. The molecule has 2 heterocycles. The number of anilines is 1. The van der Waals surface area contributed by atoms with Crippen molar-refractivity contribution in [3.05, 3.63) is 71.0 Å². The second kappa shape index (κ2) is 8.20. The van der Waals surface area contributed by atoms with Gasteiger partial charge in [0, 0.05) is 22.7 Å². The summed E-state index contributed by atoms with van der Waals surface area (Å²) >= 11 is 6.26. The molecule has 5 nitrogen and oxygen atoms in total. The first kappa shape index (κ1) is 18.8. The molecule has 0 amide bonds. The second-order valence-corrected chi connectivity index (χ2v) is 8.19. The van der Waals surface area contributed by atoms with Crippen molar-refractivity contribution in [2.75, 3.05) is 11.9 Å². The van der Waals surface area contributed by atoms with Crippen molar-refractivity contribution in [3.8, 4) is 0 Å². The smallest absolute Gasteiger partial charge is 0.163 e. The van der Waals surface area contributed by atoms with Crippen LogP contribution < -0.4 is 5.32 Å². The lowest BCUT2D eigenvalue weighted by Crippen LogP contribution is -2.06. The van der Waals surface area contributed by atoms with E-state index in [0.29, 0.717) is 32.2 Å². The third-order valence-electron chi connectivity index (χ3n) is 4.45. The Labute approximate surface area is 171 Å². The highest BCUT2D eigenvalue weighted by molar-refractivity contribution is 7.85. The number of aromatic nitrogens is 2. The average Bonchev–Trinajstić information content (AvgIpc) is 2.84. The fourth-order valence-electron chi connectivity index (χ4n) is 3.05. The second-order valence-electron chi connectivity index (χ2n) is 6.39. The molecule has 1 aliphatic heterocycles. The maximum Gasteiger partial charge on any atom is 0.163 e. The topological polar surface area (TPSA) is 67.2 Å². The van der Waals surface area contributed by atoms with Crippen molar-refractivity contribution in [3.63, 3.8) is 0 Å². The molecule has 142 valence electrons. The Morgan fingerprint density at radius 3 is 2.71 bits per heavy atom. The summed E-state index contributed by atoms with van der Waals surface area (Å²) in [7, 11) is -1.49. The normalized spacial score (nSPS) is 15.2. The number of unbranched alkanes of at least 4 members (excludes halogenated alkanes) is 1. The SMILES string of the molecule is CCCCNc1ncnc2c1N=C(c1ccccc1)c1cc(Cl)ccc1S2=O. The first-order valence-electron chi connectivity index (χ1n) is 9.13. The zero-order valence-corrected chi connectivity index (χ0v) is 16.9. The summed E-state index contributed by atoms with van der Waals surface area (Å²) in [6.07, 6.45) is 3.51. The van der Waals surface area contributed by atoms with E-state index in [9.17, 15) is 4.21 Å². The number of benzene rings is 2. The number of aliphatic imine (C=N–C) groups is 1. The van der Waals surface area contributed by atoms with Crippen molar-refractivity contribution in [1.29, 1.82) is 0 Å². The van der Waals surface area contributed by atoms with Gasteiger partial charge in [-0.05, 0) is 24.6 Å². The Kier molecular flexibility index (Phi) is 5.50. The number of fused-ring (bicyclic) bond motifs is 2. The zero-order chi connectivity index (χ0) is 19.5. The van der Waals surface area contributed by atoms with E-state index in [1.807, 2.05) is 36.4 Å². The molecule has 0 saturated carbocycles. The predicted octanol–water partition coefficient (Wildman–Crippen LogP) is 4.99. The average molecular weight is 411 g/mol. The molecule has 7 heteroatoms. The van der Waals surface area contributed by atoms with Gasteiger partial charge in [0.1, 0.15) is 22.8 Å². The van der Waals surface area contributed by atoms with Crippen LogP contribution in [-0.2, 0) is 10.8 Å². The van der Waals surface area contributed by atoms with E-state index >= 15 is 0 Å². The third kappa shape index (κ3) is 3.57. The van der Waals surface area contributed by atoms with Crippen molar-refractivity contribution in [2.45, 2.75) is 29.7 Å². The molecule has 3 aromatic rings. The molecule has 0 bridgehead atoms. The Morgan fingerprint density at radius 1 is 1.11 bits per heavy atom. The molecule has 0 aliphatic carbocycles. The largest absolute Gasteiger partial charge is 0.368 e. The highest BCUT2D eigenvalue weighted by atomic mass is 35.5. The lowest BCUT2D eigenvalue weighted by Gasteiger charge is -2.10. The Morgan fingerprint density at radius 2 is 1.93 bits per heavy atom. The monoisotopic (exact) mass is 410 g/mol. The number of halogens is 1. The fraction of sp³-hybridized carbons (Fsp3) is 0.190. The quantitative estimate of drug-likeness (QED) is 0.371. The van der Waals surface area contributed by atoms with Crippen LogP contribution in [-0.4, -0.2) is 26.4 Å². The van der Waals surface area contributed by atoms with Gasteiger partial charge in [-0.1, -0.05) is 55.3 Å². The van der Waals surface area contributed by atoms with Crippen molar-refractivity contribution in [1.82, 2.24) is 9.97 Å². The molecule has 28 heavy (non-hydrogen) atoms. The molecular formula is C21H19ClN4OS. The summed E-state index contributed by atoms with van der Waals surface area (Å²) in [5.74, 6) is 0.596. The third-order valence-corrected chi connectivity index (χ3v) is 6.09. The Bertz CT molecular complexity index is 1070. The minimum absolute atomic E-state index is 0.406. The number of hydrogen-bond acceptors (Lipinski definition) is 5. The van der Waals surface area contributed by atoms with Crippen LogP contribution in [0.4, 0.5) is 11.5 Å². The summed E-state index contributed by atoms with van der Waals surface area (Å²) < 4.78 is 13.4. The molecule has 1 aliphatic rings. The van der Waals surface area contributed by atoms with Gasteiger partial charge in [-0.25, -0.2) is 19.2 Å². The van der Waals surface area contributed by atoms with Gasteiger partial charge >= 0.3 is 0 Å². The van der Waals surface area contributed by atoms with Crippen LogP contribution in [0.5, 0.6) is 0 Å². The van der Waals surface area contributed by atoms with E-state index < -0.39 is 10.8 Å².